The van der Waals surface area contributed by atoms with Gasteiger partial charge >= 0.3 is 0 Å². The van der Waals surface area contributed by atoms with Gasteiger partial charge in [-0.25, -0.2) is 4.98 Å². The van der Waals surface area contributed by atoms with Gasteiger partial charge in [0.2, 0.25) is 11.9 Å². The fourth-order valence-corrected chi connectivity index (χ4v) is 4.05. The average Bonchev–Trinajstić information content (AvgIpc) is 3.27. The van der Waals surface area contributed by atoms with Gasteiger partial charge in [0.25, 0.3) is 0 Å². The number of nitrogens with zero attached hydrogens (tertiary/aromatic N) is 5. The van der Waals surface area contributed by atoms with E-state index in [0.29, 0.717) is 6.42 Å². The number of carbonyl (C=O) groups is 1. The molecular formula is C22H29N5O. The zero-order valence-corrected chi connectivity index (χ0v) is 16.7. The lowest BCUT2D eigenvalue weighted by atomic mass is 10.1. The predicted octanol–water partition coefficient (Wildman–Crippen LogP) is 2.67. The van der Waals surface area contributed by atoms with Gasteiger partial charge in [-0.15, -0.1) is 0 Å². The maximum absolute atomic E-state index is 12.6. The van der Waals surface area contributed by atoms with Crippen molar-refractivity contribution in [3.8, 4) is 0 Å². The zero-order chi connectivity index (χ0) is 19.3. The van der Waals surface area contributed by atoms with Gasteiger partial charge in [-0.3, -0.25) is 4.79 Å². The highest BCUT2D eigenvalue weighted by Gasteiger charge is 2.23. The van der Waals surface area contributed by atoms with Crippen molar-refractivity contribution in [3.63, 3.8) is 0 Å². The molecule has 4 rings (SSSR count). The van der Waals surface area contributed by atoms with Crippen molar-refractivity contribution in [3.05, 3.63) is 47.7 Å². The summed E-state index contributed by atoms with van der Waals surface area (Å²) >= 11 is 0. The van der Waals surface area contributed by atoms with E-state index in [9.17, 15) is 4.79 Å². The van der Waals surface area contributed by atoms with Crippen molar-refractivity contribution in [2.45, 2.75) is 32.6 Å². The van der Waals surface area contributed by atoms with Crippen LogP contribution in [0.25, 0.3) is 0 Å². The third kappa shape index (κ3) is 4.43. The minimum absolute atomic E-state index is 0.251. The second-order valence-corrected chi connectivity index (χ2v) is 7.77. The van der Waals surface area contributed by atoms with E-state index >= 15 is 0 Å². The molecule has 148 valence electrons. The van der Waals surface area contributed by atoms with Gasteiger partial charge in [0.15, 0.2) is 0 Å². The average molecular weight is 380 g/mol. The Morgan fingerprint density at radius 2 is 1.79 bits per heavy atom. The molecule has 0 spiro atoms. The molecule has 0 unspecified atom stereocenters. The molecule has 6 nitrogen and oxygen atoms in total. The number of carbonyl (C=O) groups excluding carboxylic acids is 1. The summed E-state index contributed by atoms with van der Waals surface area (Å²) in [5, 5.41) is 0. The first kappa shape index (κ1) is 18.7. The number of benzene rings is 1. The molecule has 2 fully saturated rings. The third-order valence-corrected chi connectivity index (χ3v) is 5.68. The van der Waals surface area contributed by atoms with Gasteiger partial charge < -0.3 is 14.7 Å². The minimum Gasteiger partial charge on any atom is -0.353 e. The summed E-state index contributed by atoms with van der Waals surface area (Å²) in [6.07, 6.45) is 5.69. The van der Waals surface area contributed by atoms with Gasteiger partial charge in [0.1, 0.15) is 5.82 Å². The summed E-state index contributed by atoms with van der Waals surface area (Å²) < 4.78 is 0. The molecule has 6 heteroatoms. The van der Waals surface area contributed by atoms with E-state index in [1.807, 2.05) is 17.2 Å². The Bertz CT molecular complexity index is 810. The molecule has 1 amide bonds. The van der Waals surface area contributed by atoms with Crippen molar-refractivity contribution in [2.24, 2.45) is 0 Å². The maximum atomic E-state index is 12.6. The van der Waals surface area contributed by atoms with Gasteiger partial charge in [-0.2, -0.15) is 4.98 Å². The molecule has 3 heterocycles. The first-order valence-corrected chi connectivity index (χ1v) is 10.4. The summed E-state index contributed by atoms with van der Waals surface area (Å²) in [6.45, 7) is 7.36. The molecule has 2 aliphatic heterocycles. The monoisotopic (exact) mass is 379 g/mol. The summed E-state index contributed by atoms with van der Waals surface area (Å²) in [5.74, 6) is 2.07. The van der Waals surface area contributed by atoms with Crippen molar-refractivity contribution in [1.82, 2.24) is 14.9 Å². The molecule has 0 saturated carbocycles. The SMILES string of the molecule is Cc1cccc(CCC(=O)N2CCN(c3ccnc(N4CCCC4)n3)CC2)c1. The Kier molecular flexibility index (Phi) is 5.74. The standard InChI is InChI=1S/C22H29N5O/c1-18-5-4-6-19(17-18)7-8-21(28)26-15-13-25(14-16-26)20-9-10-23-22(24-20)27-11-2-3-12-27/h4-6,9-10,17H,2-3,7-8,11-16H2,1H3. The Hall–Kier alpha value is -2.63. The number of hydrogen-bond acceptors (Lipinski definition) is 5. The lowest BCUT2D eigenvalue weighted by molar-refractivity contribution is -0.131. The lowest BCUT2D eigenvalue weighted by Gasteiger charge is -2.35. The van der Waals surface area contributed by atoms with E-state index in [1.165, 1.54) is 24.0 Å². The Morgan fingerprint density at radius 3 is 2.54 bits per heavy atom. The third-order valence-electron chi connectivity index (χ3n) is 5.68. The van der Waals surface area contributed by atoms with Crippen LogP contribution in [0.3, 0.4) is 0 Å². The second-order valence-electron chi connectivity index (χ2n) is 7.77. The Labute approximate surface area is 167 Å². The maximum Gasteiger partial charge on any atom is 0.227 e. The summed E-state index contributed by atoms with van der Waals surface area (Å²) in [4.78, 5) is 28.3. The highest BCUT2D eigenvalue weighted by atomic mass is 16.2. The molecule has 28 heavy (non-hydrogen) atoms. The summed E-state index contributed by atoms with van der Waals surface area (Å²) in [7, 11) is 0. The highest BCUT2D eigenvalue weighted by molar-refractivity contribution is 5.76. The highest BCUT2D eigenvalue weighted by Crippen LogP contribution is 2.20. The number of amides is 1. The number of aryl methyl sites for hydroxylation is 2. The second kappa shape index (κ2) is 8.59. The van der Waals surface area contributed by atoms with Gasteiger partial charge in [0.05, 0.1) is 0 Å². The van der Waals surface area contributed by atoms with E-state index < -0.39 is 0 Å². The molecule has 0 bridgehead atoms. The lowest BCUT2D eigenvalue weighted by Crippen LogP contribution is -2.49. The van der Waals surface area contributed by atoms with Crippen molar-refractivity contribution < 1.29 is 4.79 Å². The molecule has 0 N–H and O–H groups in total. The number of rotatable bonds is 5. The van der Waals surface area contributed by atoms with Crippen LogP contribution in [0.2, 0.25) is 0 Å². The van der Waals surface area contributed by atoms with Gasteiger partial charge in [0, 0.05) is 51.9 Å². The fraction of sp³-hybridized carbons (Fsp3) is 0.500. The van der Waals surface area contributed by atoms with E-state index in [-0.39, 0.29) is 5.91 Å². The van der Waals surface area contributed by atoms with E-state index in [4.69, 9.17) is 4.98 Å². The van der Waals surface area contributed by atoms with Crippen LogP contribution >= 0.6 is 0 Å². The first-order chi connectivity index (χ1) is 13.7. The quantitative estimate of drug-likeness (QED) is 0.799. The summed E-state index contributed by atoms with van der Waals surface area (Å²) in [5.41, 5.74) is 2.49. The van der Waals surface area contributed by atoms with Gasteiger partial charge in [-0.05, 0) is 37.8 Å². The van der Waals surface area contributed by atoms with Gasteiger partial charge in [-0.1, -0.05) is 29.8 Å². The summed E-state index contributed by atoms with van der Waals surface area (Å²) in [6, 6.07) is 10.4. The minimum atomic E-state index is 0.251. The van der Waals surface area contributed by atoms with Crippen molar-refractivity contribution >= 4 is 17.7 Å². The van der Waals surface area contributed by atoms with Crippen LogP contribution in [0.15, 0.2) is 36.5 Å². The first-order valence-electron chi connectivity index (χ1n) is 10.4. The largest absolute Gasteiger partial charge is 0.353 e. The van der Waals surface area contributed by atoms with Crippen LogP contribution in [-0.2, 0) is 11.2 Å². The topological polar surface area (TPSA) is 52.6 Å². The number of piperazine rings is 1. The number of aromatic nitrogens is 2. The van der Waals surface area contributed by atoms with E-state index in [2.05, 4.69) is 46.0 Å². The molecule has 2 aliphatic rings. The molecular weight excluding hydrogens is 350 g/mol. The molecule has 0 atom stereocenters. The molecule has 2 saturated heterocycles. The molecule has 1 aromatic heterocycles. The van der Waals surface area contributed by atoms with Crippen molar-refractivity contribution in [2.75, 3.05) is 49.1 Å². The van der Waals surface area contributed by atoms with Crippen LogP contribution in [0.4, 0.5) is 11.8 Å². The number of anilines is 2. The van der Waals surface area contributed by atoms with Crippen LogP contribution in [0.1, 0.15) is 30.4 Å². The van der Waals surface area contributed by atoms with Crippen LogP contribution in [-0.4, -0.2) is 60.0 Å². The van der Waals surface area contributed by atoms with Crippen LogP contribution in [0, 0.1) is 6.92 Å². The normalized spacial score (nSPS) is 17.2. The van der Waals surface area contributed by atoms with Crippen LogP contribution < -0.4 is 9.80 Å². The molecule has 0 aliphatic carbocycles. The molecule has 2 aromatic rings. The van der Waals surface area contributed by atoms with E-state index in [0.717, 1.165) is 57.5 Å². The smallest absolute Gasteiger partial charge is 0.227 e. The Balaban J connectivity index is 1.29. The van der Waals surface area contributed by atoms with Crippen molar-refractivity contribution in [1.29, 1.82) is 0 Å². The van der Waals surface area contributed by atoms with Crippen LogP contribution in [0.5, 0.6) is 0 Å². The fourth-order valence-electron chi connectivity index (χ4n) is 4.05. The van der Waals surface area contributed by atoms with E-state index in [1.54, 1.807) is 0 Å². The zero-order valence-electron chi connectivity index (χ0n) is 16.7. The Morgan fingerprint density at radius 1 is 1.00 bits per heavy atom. The molecule has 0 radical (unpaired) electrons. The number of hydrogen-bond donors (Lipinski definition) is 0. The predicted molar refractivity (Wildman–Crippen MR) is 112 cm³/mol. The molecule has 1 aromatic carbocycles.